The quantitative estimate of drug-likeness (QED) is 0.674. The van der Waals surface area contributed by atoms with Gasteiger partial charge in [-0.25, -0.2) is 4.98 Å². The maximum Gasteiger partial charge on any atom is 0.311 e. The lowest BCUT2D eigenvalue weighted by Crippen LogP contribution is -1.99. The zero-order valence-electron chi connectivity index (χ0n) is 10.6. The van der Waals surface area contributed by atoms with Crippen LogP contribution < -0.4 is 10.1 Å². The number of nitrogens with one attached hydrogen (secondary N) is 1. The average molecular weight is 259 g/mol. The van der Waals surface area contributed by atoms with E-state index in [4.69, 9.17) is 4.74 Å². The lowest BCUT2D eigenvalue weighted by molar-refractivity contribution is -0.384. The van der Waals surface area contributed by atoms with E-state index in [-0.39, 0.29) is 11.5 Å². The molecule has 2 rings (SSSR count). The third-order valence-corrected chi connectivity index (χ3v) is 2.65. The highest BCUT2D eigenvalue weighted by atomic mass is 16.6. The molecule has 0 bridgehead atoms. The van der Waals surface area contributed by atoms with E-state index in [0.29, 0.717) is 11.4 Å². The predicted octanol–water partition coefficient (Wildman–Crippen LogP) is 3.05. The molecule has 19 heavy (non-hydrogen) atoms. The van der Waals surface area contributed by atoms with Gasteiger partial charge in [-0.05, 0) is 24.6 Å². The minimum atomic E-state index is -0.471. The molecule has 0 spiro atoms. The number of hydrogen-bond acceptors (Lipinski definition) is 5. The Morgan fingerprint density at radius 1 is 1.37 bits per heavy atom. The third-order valence-electron chi connectivity index (χ3n) is 2.65. The molecule has 0 radical (unpaired) electrons. The summed E-state index contributed by atoms with van der Waals surface area (Å²) in [5.41, 5.74) is 1.61. The fraction of sp³-hybridized carbons (Fsp3) is 0.154. The van der Waals surface area contributed by atoms with Gasteiger partial charge in [0.1, 0.15) is 5.75 Å². The fourth-order valence-electron chi connectivity index (χ4n) is 1.67. The Bertz CT molecular complexity index is 614. The van der Waals surface area contributed by atoms with Crippen LogP contribution in [0.25, 0.3) is 0 Å². The summed E-state index contributed by atoms with van der Waals surface area (Å²) in [6.07, 6.45) is 1.50. The molecule has 0 unspecified atom stereocenters. The number of aryl methyl sites for hydroxylation is 1. The molecule has 0 aliphatic carbocycles. The number of rotatable bonds is 4. The highest BCUT2D eigenvalue weighted by Crippen LogP contribution is 2.28. The van der Waals surface area contributed by atoms with E-state index in [0.717, 1.165) is 5.56 Å². The molecule has 0 amide bonds. The number of anilines is 2. The molecule has 1 aromatic carbocycles. The van der Waals surface area contributed by atoms with Gasteiger partial charge >= 0.3 is 5.69 Å². The van der Waals surface area contributed by atoms with Crippen LogP contribution in [0.4, 0.5) is 17.2 Å². The molecule has 1 N–H and O–H groups in total. The molecule has 0 saturated heterocycles. The zero-order chi connectivity index (χ0) is 13.8. The summed E-state index contributed by atoms with van der Waals surface area (Å²) in [6.45, 7) is 1.92. The van der Waals surface area contributed by atoms with Crippen molar-refractivity contribution >= 4 is 17.2 Å². The van der Waals surface area contributed by atoms with Crippen molar-refractivity contribution in [2.24, 2.45) is 0 Å². The molecule has 1 aromatic heterocycles. The zero-order valence-corrected chi connectivity index (χ0v) is 10.6. The summed E-state index contributed by atoms with van der Waals surface area (Å²) in [5, 5.41) is 13.8. The van der Waals surface area contributed by atoms with E-state index < -0.39 is 4.92 Å². The van der Waals surface area contributed by atoms with Crippen LogP contribution in [0.1, 0.15) is 5.56 Å². The van der Waals surface area contributed by atoms with Crippen molar-refractivity contribution in [3.05, 3.63) is 52.2 Å². The van der Waals surface area contributed by atoms with Crippen LogP contribution in [0.2, 0.25) is 0 Å². The van der Waals surface area contributed by atoms with Crippen LogP contribution in [0, 0.1) is 17.0 Å². The molecule has 0 aliphatic heterocycles. The first-order chi connectivity index (χ1) is 9.11. The molecule has 0 atom stereocenters. The number of pyridine rings is 1. The summed E-state index contributed by atoms with van der Waals surface area (Å²) in [7, 11) is 1.58. The van der Waals surface area contributed by atoms with Gasteiger partial charge in [-0.1, -0.05) is 6.07 Å². The van der Waals surface area contributed by atoms with Crippen LogP contribution in [0.15, 0.2) is 36.5 Å². The molecular formula is C13H13N3O3. The third kappa shape index (κ3) is 2.79. The Kier molecular flexibility index (Phi) is 3.61. The smallest absolute Gasteiger partial charge is 0.311 e. The Balaban J connectivity index is 2.34. The summed E-state index contributed by atoms with van der Waals surface area (Å²) in [4.78, 5) is 14.4. The Morgan fingerprint density at radius 3 is 2.84 bits per heavy atom. The summed E-state index contributed by atoms with van der Waals surface area (Å²) >= 11 is 0. The second-order valence-electron chi connectivity index (χ2n) is 3.94. The molecule has 2 aromatic rings. The summed E-state index contributed by atoms with van der Waals surface area (Å²) < 4.78 is 5.21. The first-order valence-electron chi connectivity index (χ1n) is 5.63. The Labute approximate surface area is 110 Å². The van der Waals surface area contributed by atoms with Gasteiger partial charge in [-0.2, -0.15) is 0 Å². The largest absolute Gasteiger partial charge is 0.496 e. The molecule has 1 heterocycles. The van der Waals surface area contributed by atoms with E-state index in [1.807, 2.05) is 19.1 Å². The maximum absolute atomic E-state index is 10.9. The molecule has 0 aliphatic rings. The predicted molar refractivity (Wildman–Crippen MR) is 71.9 cm³/mol. The topological polar surface area (TPSA) is 77.3 Å². The number of nitro groups is 1. The van der Waals surface area contributed by atoms with E-state index in [1.165, 1.54) is 18.3 Å². The molecule has 6 heteroatoms. The van der Waals surface area contributed by atoms with Gasteiger partial charge in [0.05, 0.1) is 12.0 Å². The molecule has 0 fully saturated rings. The van der Waals surface area contributed by atoms with Crippen LogP contribution in [-0.4, -0.2) is 17.0 Å². The van der Waals surface area contributed by atoms with Gasteiger partial charge in [-0.3, -0.25) is 10.1 Å². The standard InChI is InChI=1S/C13H13N3O3/c1-9-5-6-10(8-12(9)19-2)15-13-11(16(17)18)4-3-7-14-13/h3-8H,1-2H3,(H,14,15). The second-order valence-corrected chi connectivity index (χ2v) is 3.94. The van der Waals surface area contributed by atoms with Gasteiger partial charge in [0.15, 0.2) is 0 Å². The van der Waals surface area contributed by atoms with E-state index >= 15 is 0 Å². The number of hydrogen-bond donors (Lipinski definition) is 1. The van der Waals surface area contributed by atoms with E-state index in [1.54, 1.807) is 13.2 Å². The van der Waals surface area contributed by atoms with Crippen molar-refractivity contribution < 1.29 is 9.66 Å². The minimum Gasteiger partial charge on any atom is -0.496 e. The molecule has 6 nitrogen and oxygen atoms in total. The van der Waals surface area contributed by atoms with Crippen LogP contribution in [0.5, 0.6) is 5.75 Å². The molecule has 98 valence electrons. The van der Waals surface area contributed by atoms with Gasteiger partial charge < -0.3 is 10.1 Å². The number of aromatic nitrogens is 1. The van der Waals surface area contributed by atoms with Crippen molar-refractivity contribution in [1.29, 1.82) is 0 Å². The monoisotopic (exact) mass is 259 g/mol. The van der Waals surface area contributed by atoms with Crippen molar-refractivity contribution in [2.75, 3.05) is 12.4 Å². The van der Waals surface area contributed by atoms with Gasteiger partial charge in [0.2, 0.25) is 5.82 Å². The maximum atomic E-state index is 10.9. The fourth-order valence-corrected chi connectivity index (χ4v) is 1.67. The molecule has 0 saturated carbocycles. The lowest BCUT2D eigenvalue weighted by atomic mass is 10.2. The number of benzene rings is 1. The molecular weight excluding hydrogens is 246 g/mol. The van der Waals surface area contributed by atoms with Crippen LogP contribution in [-0.2, 0) is 0 Å². The first kappa shape index (κ1) is 12.8. The van der Waals surface area contributed by atoms with Crippen LogP contribution in [0.3, 0.4) is 0 Å². The summed E-state index contributed by atoms with van der Waals surface area (Å²) in [5.74, 6) is 0.919. The Morgan fingerprint density at radius 2 is 2.16 bits per heavy atom. The van der Waals surface area contributed by atoms with Crippen molar-refractivity contribution in [2.45, 2.75) is 6.92 Å². The lowest BCUT2D eigenvalue weighted by Gasteiger charge is -2.09. The van der Waals surface area contributed by atoms with Crippen molar-refractivity contribution in [1.82, 2.24) is 4.98 Å². The second kappa shape index (κ2) is 5.34. The number of methoxy groups -OCH3 is 1. The summed E-state index contributed by atoms with van der Waals surface area (Å²) in [6, 6.07) is 8.39. The highest BCUT2D eigenvalue weighted by molar-refractivity contribution is 5.66. The average Bonchev–Trinajstić information content (AvgIpc) is 2.41. The van der Waals surface area contributed by atoms with E-state index in [2.05, 4.69) is 10.3 Å². The van der Waals surface area contributed by atoms with Crippen molar-refractivity contribution in [3.8, 4) is 5.75 Å². The highest BCUT2D eigenvalue weighted by Gasteiger charge is 2.14. The normalized spacial score (nSPS) is 10.0. The van der Waals surface area contributed by atoms with E-state index in [9.17, 15) is 10.1 Å². The van der Waals surface area contributed by atoms with Crippen molar-refractivity contribution in [3.63, 3.8) is 0 Å². The van der Waals surface area contributed by atoms with Gasteiger partial charge in [-0.15, -0.1) is 0 Å². The number of ether oxygens (including phenoxy) is 1. The van der Waals surface area contributed by atoms with Gasteiger partial charge in [0.25, 0.3) is 0 Å². The SMILES string of the molecule is COc1cc(Nc2ncccc2[N+](=O)[O-])ccc1C. The minimum absolute atomic E-state index is 0.0676. The Hall–Kier alpha value is -2.63. The van der Waals surface area contributed by atoms with Gasteiger partial charge in [0, 0.05) is 24.0 Å². The number of nitrogens with zero attached hydrogens (tertiary/aromatic N) is 2. The first-order valence-corrected chi connectivity index (χ1v) is 5.63. The van der Waals surface area contributed by atoms with Crippen LogP contribution >= 0.6 is 0 Å².